The van der Waals surface area contributed by atoms with Crippen LogP contribution in [0.1, 0.15) is 28.8 Å². The Morgan fingerprint density at radius 3 is 2.46 bits per heavy atom. The summed E-state index contributed by atoms with van der Waals surface area (Å²) < 4.78 is 0. The van der Waals surface area contributed by atoms with Crippen LogP contribution in [0, 0.1) is 0 Å². The van der Waals surface area contributed by atoms with Gasteiger partial charge in [0.2, 0.25) is 0 Å². The van der Waals surface area contributed by atoms with Crippen molar-refractivity contribution in [1.82, 2.24) is 20.0 Å². The van der Waals surface area contributed by atoms with Crippen LogP contribution in [0.4, 0.5) is 0 Å². The topological polar surface area (TPSA) is 38.8 Å². The lowest BCUT2D eigenvalue weighted by molar-refractivity contribution is 0.0703. The van der Waals surface area contributed by atoms with Gasteiger partial charge in [0, 0.05) is 51.4 Å². The highest BCUT2D eigenvalue weighted by Crippen LogP contribution is 2.16. The van der Waals surface area contributed by atoms with Crippen molar-refractivity contribution in [1.29, 1.82) is 0 Å². The summed E-state index contributed by atoms with van der Waals surface area (Å²) in [5, 5.41) is 3.36. The van der Waals surface area contributed by atoms with Crippen LogP contribution >= 0.6 is 24.8 Å². The maximum absolute atomic E-state index is 12.8. The fourth-order valence-corrected chi connectivity index (χ4v) is 3.63. The third kappa shape index (κ3) is 6.10. The van der Waals surface area contributed by atoms with Crippen molar-refractivity contribution in [2.45, 2.75) is 25.4 Å². The molecule has 1 amide bonds. The monoisotopic (exact) mass is 402 g/mol. The number of benzene rings is 1. The van der Waals surface area contributed by atoms with E-state index in [4.69, 9.17) is 0 Å². The lowest BCUT2D eigenvalue weighted by Crippen LogP contribution is -2.44. The number of nitrogens with zero attached hydrogens (tertiary/aromatic N) is 3. The molecule has 0 aliphatic carbocycles. The first-order valence-electron chi connectivity index (χ1n) is 9.11. The SMILES string of the molecule is CN1CCN(Cc2cccc(C(=O)N(C)C3CCNCC3)c2)CC1.Cl.Cl. The molecule has 0 spiro atoms. The number of piperidine rings is 1. The van der Waals surface area contributed by atoms with E-state index in [-0.39, 0.29) is 30.7 Å². The number of carbonyl (C=O) groups excluding carboxylic acids is 1. The van der Waals surface area contributed by atoms with Crippen molar-refractivity contribution in [3.05, 3.63) is 35.4 Å². The van der Waals surface area contributed by atoms with E-state index in [9.17, 15) is 4.79 Å². The van der Waals surface area contributed by atoms with E-state index >= 15 is 0 Å². The summed E-state index contributed by atoms with van der Waals surface area (Å²) in [6, 6.07) is 8.56. The van der Waals surface area contributed by atoms with Crippen molar-refractivity contribution < 1.29 is 4.79 Å². The number of rotatable bonds is 4. The van der Waals surface area contributed by atoms with Gasteiger partial charge in [-0.2, -0.15) is 0 Å². The van der Waals surface area contributed by atoms with Crippen molar-refractivity contribution in [3.63, 3.8) is 0 Å². The zero-order valence-corrected chi connectivity index (χ0v) is 17.5. The Hall–Kier alpha value is -0.850. The molecule has 7 heteroatoms. The second-order valence-corrected chi connectivity index (χ2v) is 7.18. The first-order valence-corrected chi connectivity index (χ1v) is 9.11. The molecule has 0 unspecified atom stereocenters. The molecule has 5 nitrogen and oxygen atoms in total. The number of nitrogens with one attached hydrogen (secondary N) is 1. The summed E-state index contributed by atoms with van der Waals surface area (Å²) in [6.45, 7) is 7.39. The van der Waals surface area contributed by atoms with Crippen molar-refractivity contribution in [3.8, 4) is 0 Å². The maximum Gasteiger partial charge on any atom is 0.253 e. The zero-order valence-electron chi connectivity index (χ0n) is 15.8. The van der Waals surface area contributed by atoms with Crippen molar-refractivity contribution in [2.24, 2.45) is 0 Å². The Morgan fingerprint density at radius 1 is 1.15 bits per heavy atom. The molecule has 26 heavy (non-hydrogen) atoms. The summed E-state index contributed by atoms with van der Waals surface area (Å²) in [5.41, 5.74) is 2.06. The van der Waals surface area contributed by atoms with Gasteiger partial charge in [0.05, 0.1) is 0 Å². The van der Waals surface area contributed by atoms with E-state index in [0.29, 0.717) is 6.04 Å². The number of halogens is 2. The first kappa shape index (κ1) is 23.2. The number of amides is 1. The summed E-state index contributed by atoms with van der Waals surface area (Å²) in [7, 11) is 4.12. The van der Waals surface area contributed by atoms with Crippen LogP contribution in [-0.4, -0.2) is 80.0 Å². The zero-order chi connectivity index (χ0) is 16.9. The molecule has 1 N–H and O–H groups in total. The molecule has 3 rings (SSSR count). The molecule has 0 radical (unpaired) electrons. The molecule has 0 aromatic heterocycles. The van der Waals surface area contributed by atoms with Gasteiger partial charge in [-0.15, -0.1) is 24.8 Å². The number of hydrogen-bond donors (Lipinski definition) is 1. The van der Waals surface area contributed by atoms with Gasteiger partial charge < -0.3 is 15.1 Å². The molecule has 2 fully saturated rings. The lowest BCUT2D eigenvalue weighted by Gasteiger charge is -2.33. The molecule has 1 aromatic carbocycles. The molecule has 0 bridgehead atoms. The van der Waals surface area contributed by atoms with Crippen LogP contribution in [0.15, 0.2) is 24.3 Å². The van der Waals surface area contributed by atoms with Gasteiger partial charge in [-0.05, 0) is 50.7 Å². The minimum absolute atomic E-state index is 0. The number of carbonyl (C=O) groups is 1. The first-order chi connectivity index (χ1) is 11.6. The largest absolute Gasteiger partial charge is 0.339 e. The third-order valence-electron chi connectivity index (χ3n) is 5.35. The van der Waals surface area contributed by atoms with E-state index in [0.717, 1.165) is 64.2 Å². The highest BCUT2D eigenvalue weighted by Gasteiger charge is 2.23. The molecule has 2 aliphatic rings. The Balaban J connectivity index is 0.00000169. The summed E-state index contributed by atoms with van der Waals surface area (Å²) in [4.78, 5) is 19.6. The van der Waals surface area contributed by atoms with E-state index in [2.05, 4.69) is 34.3 Å². The third-order valence-corrected chi connectivity index (χ3v) is 5.35. The van der Waals surface area contributed by atoms with E-state index < -0.39 is 0 Å². The predicted octanol–water partition coefficient (Wildman–Crippen LogP) is 2.10. The van der Waals surface area contributed by atoms with E-state index in [1.807, 2.05) is 24.1 Å². The average Bonchev–Trinajstić information content (AvgIpc) is 2.63. The Kier molecular flexibility index (Phi) is 9.90. The molecule has 2 heterocycles. The van der Waals surface area contributed by atoms with Crippen LogP contribution in [0.3, 0.4) is 0 Å². The highest BCUT2D eigenvalue weighted by molar-refractivity contribution is 5.94. The van der Waals surface area contributed by atoms with Crippen LogP contribution in [0.25, 0.3) is 0 Å². The van der Waals surface area contributed by atoms with Gasteiger partial charge in [-0.25, -0.2) is 0 Å². The maximum atomic E-state index is 12.8. The Morgan fingerprint density at radius 2 is 1.81 bits per heavy atom. The molecule has 148 valence electrons. The van der Waals surface area contributed by atoms with Crippen LogP contribution in [-0.2, 0) is 6.54 Å². The van der Waals surface area contributed by atoms with Gasteiger partial charge in [0.1, 0.15) is 0 Å². The minimum Gasteiger partial charge on any atom is -0.339 e. The van der Waals surface area contributed by atoms with Gasteiger partial charge in [0.15, 0.2) is 0 Å². The minimum atomic E-state index is 0. The van der Waals surface area contributed by atoms with Gasteiger partial charge in [-0.3, -0.25) is 9.69 Å². The fourth-order valence-electron chi connectivity index (χ4n) is 3.63. The van der Waals surface area contributed by atoms with Crippen LogP contribution < -0.4 is 5.32 Å². The molecule has 2 saturated heterocycles. The standard InChI is InChI=1S/C19H30N4O.2ClH/c1-21-10-12-23(13-11-21)15-16-4-3-5-17(14-16)19(24)22(2)18-6-8-20-9-7-18;;/h3-5,14,18,20H,6-13,15H2,1-2H3;2*1H. The highest BCUT2D eigenvalue weighted by atomic mass is 35.5. The molecule has 1 aromatic rings. The summed E-state index contributed by atoms with van der Waals surface area (Å²) in [5.74, 6) is 0.155. The molecular formula is C19H32Cl2N4O. The van der Waals surface area contributed by atoms with Crippen LogP contribution in [0.5, 0.6) is 0 Å². The van der Waals surface area contributed by atoms with Gasteiger partial charge in [-0.1, -0.05) is 12.1 Å². The van der Waals surface area contributed by atoms with Crippen molar-refractivity contribution >= 4 is 30.7 Å². The van der Waals surface area contributed by atoms with Gasteiger partial charge in [0.25, 0.3) is 5.91 Å². The van der Waals surface area contributed by atoms with Gasteiger partial charge >= 0.3 is 0 Å². The quantitative estimate of drug-likeness (QED) is 0.836. The Bertz CT molecular complexity index is 558. The molecular weight excluding hydrogens is 371 g/mol. The normalized spacial score (nSPS) is 19.3. The molecule has 0 atom stereocenters. The smallest absolute Gasteiger partial charge is 0.253 e. The average molecular weight is 403 g/mol. The van der Waals surface area contributed by atoms with E-state index in [1.54, 1.807) is 0 Å². The number of piperazine rings is 1. The Labute approximate surface area is 169 Å². The predicted molar refractivity (Wildman–Crippen MR) is 112 cm³/mol. The summed E-state index contributed by atoms with van der Waals surface area (Å²) in [6.07, 6.45) is 2.09. The van der Waals surface area contributed by atoms with E-state index in [1.165, 1.54) is 5.56 Å². The number of hydrogen-bond acceptors (Lipinski definition) is 4. The molecule has 0 saturated carbocycles. The number of likely N-dealkylation sites (N-methyl/N-ethyl adjacent to an activating group) is 1. The second-order valence-electron chi connectivity index (χ2n) is 7.18. The lowest BCUT2D eigenvalue weighted by atomic mass is 10.0. The summed E-state index contributed by atoms with van der Waals surface area (Å²) >= 11 is 0. The molecule has 2 aliphatic heterocycles. The van der Waals surface area contributed by atoms with Crippen molar-refractivity contribution in [2.75, 3.05) is 53.4 Å². The fraction of sp³-hybridized carbons (Fsp3) is 0.632. The van der Waals surface area contributed by atoms with Crippen LogP contribution in [0.2, 0.25) is 0 Å². The second kappa shape index (κ2) is 11.1.